The van der Waals surface area contributed by atoms with Gasteiger partial charge in [-0.05, 0) is 138 Å². The van der Waals surface area contributed by atoms with Crippen LogP contribution in [-0.2, 0) is 9.47 Å². The van der Waals surface area contributed by atoms with Gasteiger partial charge in [0.15, 0.2) is 6.10 Å². The van der Waals surface area contributed by atoms with E-state index in [1.807, 2.05) is 66.7 Å². The van der Waals surface area contributed by atoms with Crippen LogP contribution >= 0.6 is 0 Å². The van der Waals surface area contributed by atoms with Crippen LogP contribution in [-0.4, -0.2) is 18.5 Å². The number of hydrogen-bond donors (Lipinski definition) is 0. The molecule has 0 heterocycles. The van der Waals surface area contributed by atoms with Gasteiger partial charge in [-0.2, -0.15) is 0 Å². The van der Waals surface area contributed by atoms with E-state index in [0.29, 0.717) is 23.0 Å². The van der Waals surface area contributed by atoms with E-state index in [1.165, 1.54) is 88.2 Å². The van der Waals surface area contributed by atoms with Crippen molar-refractivity contribution in [2.45, 2.75) is 109 Å². The molecule has 7 rings (SSSR count). The fourth-order valence-corrected chi connectivity index (χ4v) is 9.18. The van der Waals surface area contributed by atoms with Gasteiger partial charge in [-0.25, -0.2) is 9.59 Å². The minimum absolute atomic E-state index is 0.0944. The summed E-state index contributed by atoms with van der Waals surface area (Å²) in [6.07, 6.45) is 15.1. The molecule has 1 atom stereocenters. The van der Waals surface area contributed by atoms with E-state index in [9.17, 15) is 9.59 Å². The molecule has 2 aliphatic rings. The molecule has 290 valence electrons. The highest BCUT2D eigenvalue weighted by atomic mass is 16.6. The monoisotopic (exact) mass is 746 g/mol. The lowest BCUT2D eigenvalue weighted by atomic mass is 9.77. The first-order valence-electron chi connectivity index (χ1n) is 21.3. The van der Waals surface area contributed by atoms with E-state index in [4.69, 9.17) is 9.47 Å². The van der Waals surface area contributed by atoms with E-state index in [0.717, 1.165) is 39.7 Å². The average Bonchev–Trinajstić information content (AvgIpc) is 3.26. The molecule has 1 unspecified atom stereocenters. The van der Waals surface area contributed by atoms with Crippen LogP contribution < -0.4 is 0 Å². The van der Waals surface area contributed by atoms with Gasteiger partial charge >= 0.3 is 11.9 Å². The zero-order valence-electron chi connectivity index (χ0n) is 33.3. The number of hydrogen-bond acceptors (Lipinski definition) is 4. The Morgan fingerprint density at radius 1 is 0.500 bits per heavy atom. The third kappa shape index (κ3) is 10.1. The van der Waals surface area contributed by atoms with Crippen molar-refractivity contribution in [3.8, 4) is 22.3 Å². The highest BCUT2D eigenvalue weighted by Gasteiger charge is 2.24. The van der Waals surface area contributed by atoms with Crippen molar-refractivity contribution in [3.05, 3.63) is 155 Å². The van der Waals surface area contributed by atoms with Gasteiger partial charge in [-0.3, -0.25) is 0 Å². The molecule has 2 fully saturated rings. The van der Waals surface area contributed by atoms with Crippen molar-refractivity contribution in [1.82, 2.24) is 0 Å². The molecule has 2 aliphatic carbocycles. The molecular weight excluding hydrogens is 689 g/mol. The number of carbonyl (C=O) groups excluding carboxylic acids is 2. The van der Waals surface area contributed by atoms with Gasteiger partial charge in [0.1, 0.15) is 6.61 Å². The quantitative estimate of drug-likeness (QED) is 0.106. The molecule has 5 aromatic carbocycles. The topological polar surface area (TPSA) is 52.6 Å². The maximum atomic E-state index is 13.4. The molecule has 0 amide bonds. The minimum Gasteiger partial charge on any atom is -0.458 e. The lowest BCUT2D eigenvalue weighted by Gasteiger charge is -2.28. The number of rotatable bonds is 14. The van der Waals surface area contributed by atoms with E-state index in [1.54, 1.807) is 12.1 Å². The number of benzene rings is 5. The molecule has 0 N–H and O–H groups in total. The number of esters is 2. The number of ether oxygens (including phenoxy) is 2. The smallest absolute Gasteiger partial charge is 0.338 e. The van der Waals surface area contributed by atoms with Gasteiger partial charge in [0.2, 0.25) is 0 Å². The Labute approximate surface area is 334 Å². The summed E-state index contributed by atoms with van der Waals surface area (Å²) in [6.45, 7) is 4.49. The molecule has 0 aromatic heterocycles. The Morgan fingerprint density at radius 3 is 1.30 bits per heavy atom. The van der Waals surface area contributed by atoms with Gasteiger partial charge in [0.25, 0.3) is 0 Å². The standard InChI is InChI=1S/C52H58O4/c1-3-8-37-12-16-39(17-13-37)41-20-24-43(25-21-41)45-28-32-48(33-29-45)51(53)55-36-50(47-10-6-5-7-11-47)56-52(54)49-34-30-46(31-35-49)44-26-22-42(23-27-44)40-18-14-38(9-4-2)15-19-40/h5-7,10-11,20-35,37-40,50H,3-4,8-9,12-19,36H2,1-2H3. The summed E-state index contributed by atoms with van der Waals surface area (Å²) in [5.41, 5.74) is 8.90. The fraction of sp³-hybridized carbons (Fsp3) is 0.385. The third-order valence-corrected chi connectivity index (χ3v) is 12.5. The summed E-state index contributed by atoms with van der Waals surface area (Å²) >= 11 is 0. The molecule has 56 heavy (non-hydrogen) atoms. The lowest BCUT2D eigenvalue weighted by Crippen LogP contribution is -2.19. The van der Waals surface area contributed by atoms with Crippen molar-refractivity contribution in [1.29, 1.82) is 0 Å². The van der Waals surface area contributed by atoms with Crippen molar-refractivity contribution < 1.29 is 19.1 Å². The summed E-state index contributed by atoms with van der Waals surface area (Å²) in [6, 6.07) is 42.4. The first-order valence-corrected chi connectivity index (χ1v) is 21.3. The van der Waals surface area contributed by atoms with Crippen LogP contribution in [0.1, 0.15) is 146 Å². The lowest BCUT2D eigenvalue weighted by molar-refractivity contribution is -0.00133. The fourth-order valence-electron chi connectivity index (χ4n) is 9.18. The van der Waals surface area contributed by atoms with Gasteiger partial charge in [0.05, 0.1) is 11.1 Å². The second-order valence-electron chi connectivity index (χ2n) is 16.3. The van der Waals surface area contributed by atoms with Crippen LogP contribution in [0.3, 0.4) is 0 Å². The molecular formula is C52H58O4. The molecule has 4 nitrogen and oxygen atoms in total. The molecule has 0 radical (unpaired) electrons. The van der Waals surface area contributed by atoms with Crippen molar-refractivity contribution in [2.24, 2.45) is 11.8 Å². The molecule has 4 heteroatoms. The maximum absolute atomic E-state index is 13.4. The summed E-state index contributed by atoms with van der Waals surface area (Å²) in [4.78, 5) is 26.7. The van der Waals surface area contributed by atoms with E-state index in [-0.39, 0.29) is 6.61 Å². The molecule has 0 saturated heterocycles. The maximum Gasteiger partial charge on any atom is 0.338 e. The predicted octanol–water partition coefficient (Wildman–Crippen LogP) is 13.9. The first-order chi connectivity index (χ1) is 27.5. The Balaban J connectivity index is 0.932. The molecule has 0 bridgehead atoms. The van der Waals surface area contributed by atoms with Gasteiger partial charge in [-0.15, -0.1) is 0 Å². The Morgan fingerprint density at radius 2 is 0.893 bits per heavy atom. The molecule has 0 aliphatic heterocycles. The first kappa shape index (κ1) is 39.3. The molecule has 5 aromatic rings. The highest BCUT2D eigenvalue weighted by Crippen LogP contribution is 2.39. The SMILES string of the molecule is CCCC1CCC(c2ccc(-c3ccc(C(=O)OCC(OC(=O)c4ccc(-c5ccc(C6CCC(CCC)CC6)cc5)cc4)c4ccccc4)cc3)cc2)CC1. The van der Waals surface area contributed by atoms with Gasteiger partial charge in [-0.1, -0.05) is 143 Å². The third-order valence-electron chi connectivity index (χ3n) is 12.5. The van der Waals surface area contributed by atoms with Crippen LogP contribution in [0.4, 0.5) is 0 Å². The van der Waals surface area contributed by atoms with Crippen LogP contribution in [0.5, 0.6) is 0 Å². The molecule has 2 saturated carbocycles. The number of carbonyl (C=O) groups is 2. The highest BCUT2D eigenvalue weighted by molar-refractivity contribution is 5.91. The second kappa shape index (κ2) is 19.3. The van der Waals surface area contributed by atoms with Crippen LogP contribution in [0.15, 0.2) is 127 Å². The summed E-state index contributed by atoms with van der Waals surface area (Å²) < 4.78 is 11.8. The molecule has 0 spiro atoms. The van der Waals surface area contributed by atoms with Crippen molar-refractivity contribution in [2.75, 3.05) is 6.61 Å². The Kier molecular flexibility index (Phi) is 13.5. The normalized spacial score (nSPS) is 20.2. The van der Waals surface area contributed by atoms with Crippen molar-refractivity contribution >= 4 is 11.9 Å². The Bertz CT molecular complexity index is 1960. The second-order valence-corrected chi connectivity index (χ2v) is 16.3. The van der Waals surface area contributed by atoms with Crippen LogP contribution in [0.2, 0.25) is 0 Å². The van der Waals surface area contributed by atoms with Crippen molar-refractivity contribution in [3.63, 3.8) is 0 Å². The van der Waals surface area contributed by atoms with E-state index >= 15 is 0 Å². The minimum atomic E-state index is -0.753. The average molecular weight is 747 g/mol. The zero-order chi connectivity index (χ0) is 38.7. The Hall–Kier alpha value is -4.96. The predicted molar refractivity (Wildman–Crippen MR) is 228 cm³/mol. The zero-order valence-corrected chi connectivity index (χ0v) is 33.3. The van der Waals surface area contributed by atoms with Gasteiger partial charge < -0.3 is 9.47 Å². The summed E-state index contributed by atoms with van der Waals surface area (Å²) in [5, 5.41) is 0. The van der Waals surface area contributed by atoms with E-state index < -0.39 is 18.0 Å². The summed E-state index contributed by atoms with van der Waals surface area (Å²) in [5.74, 6) is 2.21. The van der Waals surface area contributed by atoms with Crippen LogP contribution in [0, 0.1) is 11.8 Å². The van der Waals surface area contributed by atoms with Crippen LogP contribution in [0.25, 0.3) is 22.3 Å². The summed E-state index contributed by atoms with van der Waals surface area (Å²) in [7, 11) is 0. The van der Waals surface area contributed by atoms with E-state index in [2.05, 4.69) is 62.4 Å². The van der Waals surface area contributed by atoms with Gasteiger partial charge in [0, 0.05) is 0 Å². The largest absolute Gasteiger partial charge is 0.458 e.